The van der Waals surface area contributed by atoms with Gasteiger partial charge < -0.3 is 10.3 Å². The summed E-state index contributed by atoms with van der Waals surface area (Å²) in [5.74, 6) is 0.351. The number of benzene rings is 1. The van der Waals surface area contributed by atoms with E-state index < -0.39 is 0 Å². The van der Waals surface area contributed by atoms with Crippen LogP contribution in [-0.4, -0.2) is 27.7 Å². The molecule has 0 saturated carbocycles. The molecule has 0 bridgehead atoms. The quantitative estimate of drug-likeness (QED) is 0.717. The summed E-state index contributed by atoms with van der Waals surface area (Å²) in [6.45, 7) is 1.95. The van der Waals surface area contributed by atoms with E-state index in [0.717, 1.165) is 48.2 Å². The first-order valence-corrected chi connectivity index (χ1v) is 7.53. The molecule has 0 aliphatic carbocycles. The van der Waals surface area contributed by atoms with Crippen molar-refractivity contribution in [2.45, 2.75) is 18.8 Å². The molecule has 2 N–H and O–H groups in total. The van der Waals surface area contributed by atoms with Crippen molar-refractivity contribution < 1.29 is 0 Å². The van der Waals surface area contributed by atoms with Crippen LogP contribution in [0.15, 0.2) is 29.1 Å². The van der Waals surface area contributed by atoms with Gasteiger partial charge >= 0.3 is 0 Å². The summed E-state index contributed by atoms with van der Waals surface area (Å²) in [4.78, 5) is 14.9. The molecule has 5 nitrogen and oxygen atoms in total. The molecule has 0 unspecified atom stereocenters. The number of piperidine rings is 1. The van der Waals surface area contributed by atoms with Crippen molar-refractivity contribution in [1.82, 2.24) is 19.9 Å². The molecule has 0 atom stereocenters. The molecule has 0 amide bonds. The van der Waals surface area contributed by atoms with Crippen LogP contribution in [0, 0.1) is 0 Å². The van der Waals surface area contributed by atoms with Crippen LogP contribution in [0.2, 0.25) is 5.02 Å². The molecular formula is C15H16Cl2N4O. The summed E-state index contributed by atoms with van der Waals surface area (Å²) in [5.41, 5.74) is 2.35. The maximum Gasteiger partial charge on any atom is 0.251 e. The lowest BCUT2D eigenvalue weighted by Gasteiger charge is -2.23. The van der Waals surface area contributed by atoms with Gasteiger partial charge in [0.2, 0.25) is 0 Å². The molecule has 7 heteroatoms. The summed E-state index contributed by atoms with van der Waals surface area (Å²) < 4.78 is 1.86. The molecule has 2 aromatic heterocycles. The van der Waals surface area contributed by atoms with Gasteiger partial charge in [0.15, 0.2) is 0 Å². The lowest BCUT2D eigenvalue weighted by atomic mass is 9.94. The highest BCUT2D eigenvalue weighted by Gasteiger charge is 2.21. The second kappa shape index (κ2) is 5.91. The van der Waals surface area contributed by atoms with E-state index in [1.165, 1.54) is 0 Å². The fourth-order valence-electron chi connectivity index (χ4n) is 3.14. The van der Waals surface area contributed by atoms with Crippen LogP contribution in [-0.2, 0) is 0 Å². The lowest BCUT2D eigenvalue weighted by Crippen LogP contribution is -2.28. The van der Waals surface area contributed by atoms with E-state index in [1.807, 2.05) is 22.7 Å². The van der Waals surface area contributed by atoms with Crippen LogP contribution < -0.4 is 10.9 Å². The molecule has 1 saturated heterocycles. The van der Waals surface area contributed by atoms with E-state index >= 15 is 0 Å². The monoisotopic (exact) mass is 338 g/mol. The van der Waals surface area contributed by atoms with Gasteiger partial charge in [0, 0.05) is 17.4 Å². The van der Waals surface area contributed by atoms with Crippen molar-refractivity contribution in [1.29, 1.82) is 0 Å². The minimum absolute atomic E-state index is 0. The van der Waals surface area contributed by atoms with Crippen LogP contribution in [0.1, 0.15) is 24.5 Å². The first-order chi connectivity index (χ1) is 10.2. The number of hydrogen-bond donors (Lipinski definition) is 2. The van der Waals surface area contributed by atoms with E-state index in [0.29, 0.717) is 10.9 Å². The Balaban J connectivity index is 0.00000144. The average molecular weight is 339 g/mol. The predicted octanol–water partition coefficient (Wildman–Crippen LogP) is 2.72. The number of hydrogen-bond acceptors (Lipinski definition) is 3. The molecule has 1 aliphatic rings. The Morgan fingerprint density at radius 2 is 2.05 bits per heavy atom. The van der Waals surface area contributed by atoms with E-state index in [4.69, 9.17) is 11.6 Å². The minimum Gasteiger partial charge on any atom is -0.317 e. The van der Waals surface area contributed by atoms with Gasteiger partial charge in [0.25, 0.3) is 5.56 Å². The molecule has 4 rings (SSSR count). The Kier molecular flexibility index (Phi) is 4.12. The van der Waals surface area contributed by atoms with Crippen molar-refractivity contribution >= 4 is 40.6 Å². The summed E-state index contributed by atoms with van der Waals surface area (Å²) in [7, 11) is 0. The third kappa shape index (κ3) is 2.39. The highest BCUT2D eigenvalue weighted by molar-refractivity contribution is 6.35. The number of aromatic amines is 1. The van der Waals surface area contributed by atoms with Gasteiger partial charge in [-0.3, -0.25) is 4.79 Å². The van der Waals surface area contributed by atoms with Gasteiger partial charge in [0.05, 0.1) is 10.7 Å². The zero-order valence-electron chi connectivity index (χ0n) is 11.8. The second-order valence-corrected chi connectivity index (χ2v) is 5.89. The maximum atomic E-state index is 12.0. The number of rotatable bonds is 1. The summed E-state index contributed by atoms with van der Waals surface area (Å²) in [6.07, 6.45) is 2.03. The van der Waals surface area contributed by atoms with Crippen LogP contribution in [0.5, 0.6) is 0 Å². The van der Waals surface area contributed by atoms with Gasteiger partial charge in [-0.1, -0.05) is 17.7 Å². The smallest absolute Gasteiger partial charge is 0.251 e. The Morgan fingerprint density at radius 1 is 1.27 bits per heavy atom. The van der Waals surface area contributed by atoms with Gasteiger partial charge in [-0.15, -0.1) is 12.4 Å². The van der Waals surface area contributed by atoms with E-state index in [2.05, 4.69) is 15.4 Å². The first-order valence-electron chi connectivity index (χ1n) is 7.15. The summed E-state index contributed by atoms with van der Waals surface area (Å²) in [5, 5.41) is 9.46. The van der Waals surface area contributed by atoms with Crippen molar-refractivity contribution in [3.63, 3.8) is 0 Å². The van der Waals surface area contributed by atoms with Crippen molar-refractivity contribution in [3.05, 3.63) is 45.3 Å². The number of nitrogens with one attached hydrogen (secondary N) is 2. The molecule has 0 radical (unpaired) electrons. The molecule has 1 fully saturated rings. The number of H-pyrrole nitrogens is 1. The van der Waals surface area contributed by atoms with Crippen LogP contribution in [0.25, 0.3) is 16.6 Å². The standard InChI is InChI=1S/C15H15ClN4O.ClH/c16-11-3-1-2-10-14(11)19-20-12(8-13(21)18-15(10)20)9-4-6-17-7-5-9;/h1-3,8-9,17H,4-7H2,(H,18,21);1H. The van der Waals surface area contributed by atoms with E-state index in [-0.39, 0.29) is 18.0 Å². The van der Waals surface area contributed by atoms with Gasteiger partial charge in [-0.2, -0.15) is 5.10 Å². The van der Waals surface area contributed by atoms with Crippen LogP contribution >= 0.6 is 24.0 Å². The largest absolute Gasteiger partial charge is 0.317 e. The van der Waals surface area contributed by atoms with Crippen molar-refractivity contribution in [2.75, 3.05) is 13.1 Å². The van der Waals surface area contributed by atoms with Gasteiger partial charge in [0.1, 0.15) is 11.2 Å². The molecule has 22 heavy (non-hydrogen) atoms. The normalized spacial score (nSPS) is 16.0. The van der Waals surface area contributed by atoms with Crippen LogP contribution in [0.3, 0.4) is 0 Å². The predicted molar refractivity (Wildman–Crippen MR) is 90.4 cm³/mol. The minimum atomic E-state index is -0.0854. The second-order valence-electron chi connectivity index (χ2n) is 5.48. The topological polar surface area (TPSA) is 62.2 Å². The number of aromatic nitrogens is 3. The average Bonchev–Trinajstić information content (AvgIpc) is 2.88. The Morgan fingerprint density at radius 3 is 2.82 bits per heavy atom. The first kappa shape index (κ1) is 15.3. The number of nitrogens with zero attached hydrogens (tertiary/aromatic N) is 2. The molecule has 116 valence electrons. The molecule has 1 aromatic carbocycles. The Labute approximate surface area is 138 Å². The Hall–Kier alpha value is -1.56. The number of halogens is 2. The van der Waals surface area contributed by atoms with Gasteiger partial charge in [-0.25, -0.2) is 4.52 Å². The molecule has 0 spiro atoms. The highest BCUT2D eigenvalue weighted by Crippen LogP contribution is 2.29. The molecule has 3 aromatic rings. The SMILES string of the molecule is Cl.O=c1cc(C2CCNCC2)n2nc3c(Cl)cccc3c2[nH]1. The van der Waals surface area contributed by atoms with Gasteiger partial charge in [-0.05, 0) is 38.1 Å². The Bertz CT molecular complexity index is 880. The molecule has 1 aliphatic heterocycles. The molecule has 3 heterocycles. The maximum absolute atomic E-state index is 12.0. The van der Waals surface area contributed by atoms with Crippen molar-refractivity contribution in [3.8, 4) is 0 Å². The fraction of sp³-hybridized carbons (Fsp3) is 0.333. The summed E-state index contributed by atoms with van der Waals surface area (Å²) in [6, 6.07) is 7.30. The van der Waals surface area contributed by atoms with Crippen molar-refractivity contribution in [2.24, 2.45) is 0 Å². The third-order valence-corrected chi connectivity index (χ3v) is 4.48. The number of fused-ring (bicyclic) bond motifs is 3. The zero-order chi connectivity index (χ0) is 14.4. The zero-order valence-corrected chi connectivity index (χ0v) is 13.4. The van der Waals surface area contributed by atoms with E-state index in [1.54, 1.807) is 6.07 Å². The highest BCUT2D eigenvalue weighted by atomic mass is 35.5. The van der Waals surface area contributed by atoms with E-state index in [9.17, 15) is 4.79 Å². The third-order valence-electron chi connectivity index (χ3n) is 4.18. The lowest BCUT2D eigenvalue weighted by molar-refractivity contribution is 0.446. The fourth-order valence-corrected chi connectivity index (χ4v) is 3.35. The molecular weight excluding hydrogens is 323 g/mol. The summed E-state index contributed by atoms with van der Waals surface area (Å²) >= 11 is 6.23. The van der Waals surface area contributed by atoms with Crippen LogP contribution in [0.4, 0.5) is 0 Å².